The van der Waals surface area contributed by atoms with Gasteiger partial charge >= 0.3 is 0 Å². The number of para-hydroxylation sites is 1. The zero-order valence-corrected chi connectivity index (χ0v) is 16.6. The van der Waals surface area contributed by atoms with Crippen LogP contribution in [0.15, 0.2) is 42.5 Å². The van der Waals surface area contributed by atoms with Gasteiger partial charge in [0, 0.05) is 12.6 Å². The van der Waals surface area contributed by atoms with E-state index in [-0.39, 0.29) is 5.91 Å². The second kappa shape index (κ2) is 9.35. The Morgan fingerprint density at radius 2 is 1.64 bits per heavy atom. The average molecular weight is 385 g/mol. The standard InChI is InChI=1S/C22H27NO5/c1-25-19-13-16(14-20(26-2)22(19)27-3)15-23(17-9-10-17)21(24)11-12-28-18-7-5-4-6-8-18/h4-8,13-14,17H,9-12,15H2,1-3H3. The molecule has 1 fully saturated rings. The van der Waals surface area contributed by atoms with Crippen LogP contribution in [0.1, 0.15) is 24.8 Å². The molecule has 6 nitrogen and oxygen atoms in total. The Morgan fingerprint density at radius 1 is 1.00 bits per heavy atom. The first-order valence-corrected chi connectivity index (χ1v) is 9.42. The number of carbonyl (C=O) groups is 1. The summed E-state index contributed by atoms with van der Waals surface area (Å²) in [5, 5.41) is 0. The average Bonchev–Trinajstić information content (AvgIpc) is 3.57. The summed E-state index contributed by atoms with van der Waals surface area (Å²) in [6.07, 6.45) is 2.42. The minimum Gasteiger partial charge on any atom is -0.493 e. The molecule has 0 saturated heterocycles. The normalized spacial score (nSPS) is 13.0. The van der Waals surface area contributed by atoms with Crippen molar-refractivity contribution in [3.63, 3.8) is 0 Å². The lowest BCUT2D eigenvalue weighted by Crippen LogP contribution is -2.33. The molecule has 1 aliphatic rings. The molecule has 28 heavy (non-hydrogen) atoms. The first-order chi connectivity index (χ1) is 13.7. The molecule has 0 spiro atoms. The van der Waals surface area contributed by atoms with Gasteiger partial charge in [0.05, 0.1) is 34.4 Å². The van der Waals surface area contributed by atoms with Gasteiger partial charge < -0.3 is 23.8 Å². The smallest absolute Gasteiger partial charge is 0.226 e. The van der Waals surface area contributed by atoms with E-state index in [9.17, 15) is 4.79 Å². The van der Waals surface area contributed by atoms with Crippen molar-refractivity contribution < 1.29 is 23.7 Å². The number of amides is 1. The summed E-state index contributed by atoms with van der Waals surface area (Å²) in [6, 6.07) is 13.6. The van der Waals surface area contributed by atoms with Gasteiger partial charge in [0.2, 0.25) is 11.7 Å². The maximum atomic E-state index is 12.8. The van der Waals surface area contributed by atoms with E-state index in [0.717, 1.165) is 24.2 Å². The third-order valence-corrected chi connectivity index (χ3v) is 4.71. The lowest BCUT2D eigenvalue weighted by atomic mass is 10.1. The number of ether oxygens (including phenoxy) is 4. The van der Waals surface area contributed by atoms with E-state index in [1.165, 1.54) is 0 Å². The van der Waals surface area contributed by atoms with Crippen LogP contribution in [0.4, 0.5) is 0 Å². The van der Waals surface area contributed by atoms with E-state index in [4.69, 9.17) is 18.9 Å². The van der Waals surface area contributed by atoms with E-state index >= 15 is 0 Å². The Bertz CT molecular complexity index is 764. The Morgan fingerprint density at radius 3 is 2.18 bits per heavy atom. The van der Waals surface area contributed by atoms with E-state index in [1.54, 1.807) is 21.3 Å². The molecule has 1 aliphatic carbocycles. The molecule has 1 amide bonds. The molecule has 0 aliphatic heterocycles. The zero-order chi connectivity index (χ0) is 19.9. The highest BCUT2D eigenvalue weighted by Gasteiger charge is 2.32. The lowest BCUT2D eigenvalue weighted by Gasteiger charge is -2.24. The fourth-order valence-corrected chi connectivity index (χ4v) is 3.15. The largest absolute Gasteiger partial charge is 0.493 e. The molecule has 0 bridgehead atoms. The highest BCUT2D eigenvalue weighted by Crippen LogP contribution is 2.39. The summed E-state index contributed by atoms with van der Waals surface area (Å²) in [7, 11) is 4.75. The maximum Gasteiger partial charge on any atom is 0.226 e. The quantitative estimate of drug-likeness (QED) is 0.625. The lowest BCUT2D eigenvalue weighted by molar-refractivity contribution is -0.132. The fraction of sp³-hybridized carbons (Fsp3) is 0.409. The Labute approximate surface area is 166 Å². The van der Waals surface area contributed by atoms with Crippen LogP contribution >= 0.6 is 0 Å². The molecule has 0 radical (unpaired) electrons. The van der Waals surface area contributed by atoms with Crippen molar-refractivity contribution in [1.82, 2.24) is 4.90 Å². The van der Waals surface area contributed by atoms with Crippen LogP contribution in [-0.4, -0.2) is 44.8 Å². The predicted molar refractivity (Wildman–Crippen MR) is 106 cm³/mol. The van der Waals surface area contributed by atoms with Crippen LogP contribution < -0.4 is 18.9 Å². The summed E-state index contributed by atoms with van der Waals surface area (Å²) in [6.45, 7) is 0.868. The van der Waals surface area contributed by atoms with Crippen molar-refractivity contribution >= 4 is 5.91 Å². The second-order valence-electron chi connectivity index (χ2n) is 6.70. The molecule has 0 atom stereocenters. The fourth-order valence-electron chi connectivity index (χ4n) is 3.15. The van der Waals surface area contributed by atoms with Gasteiger partial charge in [0.25, 0.3) is 0 Å². The van der Waals surface area contributed by atoms with Gasteiger partial charge in [-0.25, -0.2) is 0 Å². The number of methoxy groups -OCH3 is 3. The molecule has 2 aromatic carbocycles. The summed E-state index contributed by atoms with van der Waals surface area (Å²) in [5.41, 5.74) is 0.943. The van der Waals surface area contributed by atoms with Crippen LogP contribution in [0, 0.1) is 0 Å². The molecule has 0 unspecified atom stereocenters. The van der Waals surface area contributed by atoms with Crippen LogP contribution in [0.3, 0.4) is 0 Å². The minimum absolute atomic E-state index is 0.0900. The number of rotatable bonds is 10. The summed E-state index contributed by atoms with van der Waals surface area (Å²) in [5.74, 6) is 2.60. The minimum atomic E-state index is 0.0900. The van der Waals surface area contributed by atoms with Gasteiger partial charge in [-0.1, -0.05) is 18.2 Å². The highest BCUT2D eigenvalue weighted by atomic mass is 16.5. The topological polar surface area (TPSA) is 57.2 Å². The van der Waals surface area contributed by atoms with Gasteiger partial charge in [-0.05, 0) is 42.7 Å². The SMILES string of the molecule is COc1cc(CN(C(=O)CCOc2ccccc2)C2CC2)cc(OC)c1OC. The van der Waals surface area contributed by atoms with Crippen LogP contribution in [-0.2, 0) is 11.3 Å². The molecular weight excluding hydrogens is 358 g/mol. The van der Waals surface area contributed by atoms with Crippen LogP contribution in [0.5, 0.6) is 23.0 Å². The molecule has 1 saturated carbocycles. The van der Waals surface area contributed by atoms with Gasteiger partial charge in [0.1, 0.15) is 5.75 Å². The molecular formula is C22H27NO5. The van der Waals surface area contributed by atoms with Crippen molar-refractivity contribution in [2.45, 2.75) is 31.8 Å². The summed E-state index contributed by atoms with van der Waals surface area (Å²) >= 11 is 0. The van der Waals surface area contributed by atoms with Crippen molar-refractivity contribution in [3.05, 3.63) is 48.0 Å². The van der Waals surface area contributed by atoms with Crippen molar-refractivity contribution in [3.8, 4) is 23.0 Å². The Hall–Kier alpha value is -2.89. The van der Waals surface area contributed by atoms with Gasteiger partial charge in [-0.3, -0.25) is 4.79 Å². The number of carbonyl (C=O) groups excluding carboxylic acids is 1. The molecule has 0 heterocycles. The Kier molecular flexibility index (Phi) is 6.63. The second-order valence-corrected chi connectivity index (χ2v) is 6.70. The predicted octanol–water partition coefficient (Wildman–Crippen LogP) is 3.67. The van der Waals surface area contributed by atoms with Crippen LogP contribution in [0.2, 0.25) is 0 Å². The monoisotopic (exact) mass is 385 g/mol. The molecule has 150 valence electrons. The van der Waals surface area contributed by atoms with Crippen molar-refractivity contribution in [1.29, 1.82) is 0 Å². The van der Waals surface area contributed by atoms with Crippen molar-refractivity contribution in [2.75, 3.05) is 27.9 Å². The number of hydrogen-bond donors (Lipinski definition) is 0. The molecule has 6 heteroatoms. The third kappa shape index (κ3) is 4.88. The van der Waals surface area contributed by atoms with E-state index in [0.29, 0.717) is 42.9 Å². The first-order valence-electron chi connectivity index (χ1n) is 9.42. The van der Waals surface area contributed by atoms with E-state index < -0.39 is 0 Å². The third-order valence-electron chi connectivity index (χ3n) is 4.71. The number of hydrogen-bond acceptors (Lipinski definition) is 5. The Balaban J connectivity index is 1.66. The number of nitrogens with zero attached hydrogens (tertiary/aromatic N) is 1. The van der Waals surface area contributed by atoms with Gasteiger partial charge in [0.15, 0.2) is 11.5 Å². The number of benzene rings is 2. The highest BCUT2D eigenvalue weighted by molar-refractivity contribution is 5.77. The zero-order valence-electron chi connectivity index (χ0n) is 16.6. The summed E-state index contributed by atoms with van der Waals surface area (Å²) in [4.78, 5) is 14.7. The van der Waals surface area contributed by atoms with Gasteiger partial charge in [-0.2, -0.15) is 0 Å². The van der Waals surface area contributed by atoms with E-state index in [1.807, 2.05) is 47.4 Å². The van der Waals surface area contributed by atoms with Crippen LogP contribution in [0.25, 0.3) is 0 Å². The molecule has 2 aromatic rings. The summed E-state index contributed by atoms with van der Waals surface area (Å²) < 4.78 is 21.9. The molecule has 3 rings (SSSR count). The molecule has 0 aromatic heterocycles. The van der Waals surface area contributed by atoms with E-state index in [2.05, 4.69) is 0 Å². The van der Waals surface area contributed by atoms with Gasteiger partial charge in [-0.15, -0.1) is 0 Å². The first kappa shape index (κ1) is 19.9. The maximum absolute atomic E-state index is 12.8. The molecule has 0 N–H and O–H groups in total. The van der Waals surface area contributed by atoms with Crippen molar-refractivity contribution in [2.24, 2.45) is 0 Å².